The highest BCUT2D eigenvalue weighted by molar-refractivity contribution is 8.18. The van der Waals surface area contributed by atoms with E-state index in [2.05, 4.69) is 0 Å². The van der Waals surface area contributed by atoms with Gasteiger partial charge >= 0.3 is 5.88 Å². The molecular weight excluding hydrogens is 260 g/mol. The number of hydrogen-bond donors (Lipinski definition) is 0. The SMILES string of the molecule is CN1C(=O)S/C(=C\Cc2ccc([N+](=O)[O-])o2)C1=O. The maximum absolute atomic E-state index is 11.5. The second kappa shape index (κ2) is 4.65. The number of amides is 2. The molecular formula is C10H8N2O5S. The molecule has 0 N–H and O–H groups in total. The molecule has 0 unspecified atom stereocenters. The fraction of sp³-hybridized carbons (Fsp3) is 0.200. The maximum atomic E-state index is 11.5. The Kier molecular flexibility index (Phi) is 3.19. The second-order valence-electron chi connectivity index (χ2n) is 3.50. The first-order chi connectivity index (χ1) is 8.49. The number of nitrogens with zero attached hydrogens (tertiary/aromatic N) is 2. The number of imide groups is 1. The Morgan fingerprint density at radius 3 is 2.72 bits per heavy atom. The highest BCUT2D eigenvalue weighted by Crippen LogP contribution is 2.29. The molecule has 0 aromatic carbocycles. The van der Waals surface area contributed by atoms with E-state index >= 15 is 0 Å². The summed E-state index contributed by atoms with van der Waals surface area (Å²) in [6.45, 7) is 0. The van der Waals surface area contributed by atoms with Gasteiger partial charge in [-0.1, -0.05) is 6.08 Å². The third-order valence-electron chi connectivity index (χ3n) is 2.30. The van der Waals surface area contributed by atoms with Crippen molar-refractivity contribution in [3.63, 3.8) is 0 Å². The van der Waals surface area contributed by atoms with Crippen molar-refractivity contribution in [2.75, 3.05) is 7.05 Å². The van der Waals surface area contributed by atoms with Crippen molar-refractivity contribution in [1.29, 1.82) is 0 Å². The Morgan fingerprint density at radius 1 is 1.50 bits per heavy atom. The zero-order chi connectivity index (χ0) is 13.3. The van der Waals surface area contributed by atoms with Gasteiger partial charge in [-0.3, -0.25) is 24.6 Å². The van der Waals surface area contributed by atoms with E-state index in [1.165, 1.54) is 25.3 Å². The lowest BCUT2D eigenvalue weighted by Crippen LogP contribution is -2.22. The smallest absolute Gasteiger partial charge is 0.406 e. The van der Waals surface area contributed by atoms with Gasteiger partial charge in [0.2, 0.25) is 0 Å². The van der Waals surface area contributed by atoms with Crippen LogP contribution in [0.25, 0.3) is 0 Å². The zero-order valence-electron chi connectivity index (χ0n) is 9.28. The van der Waals surface area contributed by atoms with Gasteiger partial charge in [0.15, 0.2) is 0 Å². The van der Waals surface area contributed by atoms with Gasteiger partial charge in [0.25, 0.3) is 11.1 Å². The predicted molar refractivity (Wildman–Crippen MR) is 62.9 cm³/mol. The molecule has 7 nitrogen and oxygen atoms in total. The van der Waals surface area contributed by atoms with Gasteiger partial charge < -0.3 is 4.42 Å². The third kappa shape index (κ3) is 2.28. The fourth-order valence-electron chi connectivity index (χ4n) is 1.35. The molecule has 94 valence electrons. The summed E-state index contributed by atoms with van der Waals surface area (Å²) in [5.74, 6) is -0.349. The minimum absolute atomic E-state index is 0.225. The molecule has 0 radical (unpaired) electrons. The summed E-state index contributed by atoms with van der Waals surface area (Å²) in [5.41, 5.74) is 0. The second-order valence-corrected chi connectivity index (χ2v) is 4.49. The first kappa shape index (κ1) is 12.4. The molecule has 0 bridgehead atoms. The molecule has 1 saturated heterocycles. The number of carbonyl (C=O) groups is 2. The molecule has 0 spiro atoms. The molecule has 1 aliphatic rings. The summed E-state index contributed by atoms with van der Waals surface area (Å²) in [5, 5.41) is 10.1. The molecule has 1 aromatic heterocycles. The Morgan fingerprint density at radius 2 is 2.22 bits per heavy atom. The number of carbonyl (C=O) groups excluding carboxylic acids is 2. The molecule has 0 atom stereocenters. The van der Waals surface area contributed by atoms with Gasteiger partial charge in [-0.25, -0.2) is 0 Å². The molecule has 1 fully saturated rings. The van der Waals surface area contributed by atoms with Crippen LogP contribution in [0, 0.1) is 10.1 Å². The Labute approximate surface area is 106 Å². The summed E-state index contributed by atoms with van der Waals surface area (Å²) < 4.78 is 4.93. The topological polar surface area (TPSA) is 93.7 Å². The summed E-state index contributed by atoms with van der Waals surface area (Å²) in [6, 6.07) is 2.71. The lowest BCUT2D eigenvalue weighted by Gasteiger charge is -2.00. The minimum atomic E-state index is -0.635. The number of likely N-dealkylation sites (N-methyl/N-ethyl adjacent to an activating group) is 1. The average Bonchev–Trinajstić information content (AvgIpc) is 2.88. The van der Waals surface area contributed by atoms with Crippen LogP contribution in [-0.2, 0) is 11.2 Å². The molecule has 2 heterocycles. The summed E-state index contributed by atoms with van der Waals surface area (Å²) in [7, 11) is 1.40. The van der Waals surface area contributed by atoms with Crippen LogP contribution >= 0.6 is 11.8 Å². The number of furan rings is 1. The van der Waals surface area contributed by atoms with Crippen LogP contribution in [-0.4, -0.2) is 28.0 Å². The van der Waals surface area contributed by atoms with Crippen LogP contribution in [0.1, 0.15) is 5.76 Å². The van der Waals surface area contributed by atoms with Crippen molar-refractivity contribution < 1.29 is 18.9 Å². The van der Waals surface area contributed by atoms with Gasteiger partial charge in [-0.2, -0.15) is 0 Å². The van der Waals surface area contributed by atoms with Crippen molar-refractivity contribution in [3.05, 3.63) is 39.0 Å². The van der Waals surface area contributed by atoms with Gasteiger partial charge in [0.05, 0.1) is 11.0 Å². The first-order valence-corrected chi connectivity index (χ1v) is 5.74. The number of nitro groups is 1. The van der Waals surface area contributed by atoms with Gasteiger partial charge in [0, 0.05) is 13.5 Å². The predicted octanol–water partition coefficient (Wildman–Crippen LogP) is 1.94. The molecule has 18 heavy (non-hydrogen) atoms. The van der Waals surface area contributed by atoms with E-state index < -0.39 is 4.92 Å². The summed E-state index contributed by atoms with van der Waals surface area (Å²) in [6.07, 6.45) is 1.75. The molecule has 8 heteroatoms. The van der Waals surface area contributed by atoms with Crippen LogP contribution in [0.2, 0.25) is 0 Å². The molecule has 0 aliphatic carbocycles. The molecule has 2 amide bonds. The summed E-state index contributed by atoms with van der Waals surface area (Å²) >= 11 is 0.837. The van der Waals surface area contributed by atoms with E-state index in [0.717, 1.165) is 16.7 Å². The largest absolute Gasteiger partial charge is 0.433 e. The summed E-state index contributed by atoms with van der Waals surface area (Å²) in [4.78, 5) is 33.8. The van der Waals surface area contributed by atoms with Crippen LogP contribution in [0.5, 0.6) is 0 Å². The first-order valence-electron chi connectivity index (χ1n) is 4.92. The minimum Gasteiger partial charge on any atom is -0.406 e. The highest BCUT2D eigenvalue weighted by atomic mass is 32.2. The quantitative estimate of drug-likeness (QED) is 0.472. The molecule has 1 aliphatic heterocycles. The normalized spacial score (nSPS) is 17.8. The van der Waals surface area contributed by atoms with Crippen molar-refractivity contribution in [3.8, 4) is 0 Å². The van der Waals surface area contributed by atoms with E-state index in [0.29, 0.717) is 10.7 Å². The van der Waals surface area contributed by atoms with Crippen molar-refractivity contribution in [2.24, 2.45) is 0 Å². The highest BCUT2D eigenvalue weighted by Gasteiger charge is 2.31. The van der Waals surface area contributed by atoms with E-state index in [4.69, 9.17) is 4.42 Å². The zero-order valence-corrected chi connectivity index (χ0v) is 10.1. The number of allylic oxidation sites excluding steroid dienone is 1. The van der Waals surface area contributed by atoms with E-state index in [1.54, 1.807) is 0 Å². The molecule has 2 rings (SSSR count). The van der Waals surface area contributed by atoms with E-state index in [9.17, 15) is 19.7 Å². The van der Waals surface area contributed by atoms with Crippen LogP contribution in [0.3, 0.4) is 0 Å². The number of thioether (sulfide) groups is 1. The fourth-order valence-corrected chi connectivity index (χ4v) is 2.15. The number of rotatable bonds is 3. The monoisotopic (exact) mass is 268 g/mol. The van der Waals surface area contributed by atoms with E-state index in [1.807, 2.05) is 0 Å². The third-order valence-corrected chi connectivity index (χ3v) is 3.31. The Hall–Kier alpha value is -2.09. The lowest BCUT2D eigenvalue weighted by atomic mass is 10.3. The van der Waals surface area contributed by atoms with Gasteiger partial charge in [-0.15, -0.1) is 0 Å². The van der Waals surface area contributed by atoms with Gasteiger partial charge in [0.1, 0.15) is 10.7 Å². The van der Waals surface area contributed by atoms with Gasteiger partial charge in [-0.05, 0) is 17.8 Å². The van der Waals surface area contributed by atoms with Crippen molar-refractivity contribution in [2.45, 2.75) is 6.42 Å². The Balaban J connectivity index is 2.09. The maximum Gasteiger partial charge on any atom is 0.433 e. The Bertz CT molecular complexity index is 562. The number of hydrogen-bond acceptors (Lipinski definition) is 6. The van der Waals surface area contributed by atoms with Crippen LogP contribution in [0.15, 0.2) is 27.5 Å². The van der Waals surface area contributed by atoms with Crippen molar-refractivity contribution >= 4 is 28.8 Å². The molecule has 0 saturated carbocycles. The molecule has 1 aromatic rings. The average molecular weight is 268 g/mol. The lowest BCUT2D eigenvalue weighted by molar-refractivity contribution is -0.402. The van der Waals surface area contributed by atoms with Crippen LogP contribution < -0.4 is 0 Å². The van der Waals surface area contributed by atoms with E-state index in [-0.39, 0.29) is 23.5 Å². The van der Waals surface area contributed by atoms with Crippen molar-refractivity contribution in [1.82, 2.24) is 4.90 Å². The standard InChI is InChI=1S/C10H8N2O5S/c1-11-9(13)7(18-10(11)14)4-2-6-3-5-8(17-6)12(15)16/h3-5H,2H2,1H3/b7-4-. The van der Waals surface area contributed by atoms with Crippen LogP contribution in [0.4, 0.5) is 10.7 Å².